The van der Waals surface area contributed by atoms with Crippen molar-refractivity contribution in [3.63, 3.8) is 0 Å². The van der Waals surface area contributed by atoms with Crippen molar-refractivity contribution in [2.45, 2.75) is 51.5 Å². The minimum atomic E-state index is -4.94. The molecule has 2 N–H and O–H groups in total. The van der Waals surface area contributed by atoms with Crippen LogP contribution in [0.3, 0.4) is 0 Å². The summed E-state index contributed by atoms with van der Waals surface area (Å²) in [4.78, 5) is 12.1. The molecule has 0 unspecified atom stereocenters. The number of carbonyl (C=O) groups excluding carboxylic acids is 1. The Hall–Kier alpha value is -3.49. The quantitative estimate of drug-likeness (QED) is 0.203. The van der Waals surface area contributed by atoms with Crippen LogP contribution in [-0.4, -0.2) is 10.5 Å². The van der Waals surface area contributed by atoms with Gasteiger partial charge < -0.3 is 10.3 Å². The molecule has 0 aliphatic carbocycles. The maximum atomic E-state index is 13.4. The van der Waals surface area contributed by atoms with E-state index in [1.165, 1.54) is 0 Å². The van der Waals surface area contributed by atoms with Crippen molar-refractivity contribution in [2.75, 3.05) is 0 Å². The number of nitrogens with two attached hydrogens (primary N) is 1. The number of amides is 1. The number of carbonyl (C=O) groups is 1. The zero-order chi connectivity index (χ0) is 26.3. The Morgan fingerprint density at radius 2 is 1.50 bits per heavy atom. The predicted molar refractivity (Wildman–Crippen MR) is 127 cm³/mol. The lowest BCUT2D eigenvalue weighted by molar-refractivity contribution is -0.143. The van der Waals surface area contributed by atoms with Crippen LogP contribution in [0.2, 0.25) is 0 Å². The standard InChI is InChI=1S/C27H24F6N2O/c1-2-3-4-6-16-9-10-20-23(13-16)35(22-8-5-7-21(24(20)22)25(34)36)15-17-11-18(26(28,29)30)14-19(12-17)27(31,32)33/h5,7-14H,2-4,6,15H2,1H3,(H2,34,36). The molecule has 0 aliphatic rings. The molecule has 3 nitrogen and oxygen atoms in total. The van der Waals surface area contributed by atoms with E-state index in [-0.39, 0.29) is 23.7 Å². The van der Waals surface area contributed by atoms with E-state index in [4.69, 9.17) is 5.73 Å². The number of hydrogen-bond donors (Lipinski definition) is 1. The zero-order valence-electron chi connectivity index (χ0n) is 19.4. The highest BCUT2D eigenvalue weighted by Crippen LogP contribution is 2.38. The van der Waals surface area contributed by atoms with Gasteiger partial charge in [-0.25, -0.2) is 0 Å². The second kappa shape index (κ2) is 9.52. The summed E-state index contributed by atoms with van der Waals surface area (Å²) < 4.78 is 82.3. The molecular formula is C27H24F6N2O. The molecule has 9 heteroatoms. The predicted octanol–water partition coefficient (Wildman–Crippen LogP) is 7.71. The molecule has 0 atom stereocenters. The van der Waals surface area contributed by atoms with E-state index in [2.05, 4.69) is 6.92 Å². The first kappa shape index (κ1) is 25.6. The number of halogens is 6. The molecule has 4 rings (SSSR count). The highest BCUT2D eigenvalue weighted by Gasteiger charge is 2.37. The van der Waals surface area contributed by atoms with Gasteiger partial charge in [0.1, 0.15) is 0 Å². The second-order valence-corrected chi connectivity index (χ2v) is 8.87. The summed E-state index contributed by atoms with van der Waals surface area (Å²) in [7, 11) is 0. The molecule has 1 aromatic heterocycles. The van der Waals surface area contributed by atoms with Gasteiger partial charge in [-0.2, -0.15) is 26.3 Å². The fourth-order valence-electron chi connectivity index (χ4n) is 4.59. The van der Waals surface area contributed by atoms with Gasteiger partial charge in [-0.3, -0.25) is 4.79 Å². The fourth-order valence-corrected chi connectivity index (χ4v) is 4.59. The maximum Gasteiger partial charge on any atom is 0.416 e. The molecule has 0 radical (unpaired) electrons. The van der Waals surface area contributed by atoms with Gasteiger partial charge >= 0.3 is 12.4 Å². The van der Waals surface area contributed by atoms with Gasteiger partial charge in [-0.05, 0) is 60.4 Å². The van der Waals surface area contributed by atoms with Gasteiger partial charge in [0.05, 0.1) is 16.6 Å². The van der Waals surface area contributed by atoms with E-state index in [0.717, 1.165) is 43.4 Å². The first-order valence-corrected chi connectivity index (χ1v) is 11.5. The van der Waals surface area contributed by atoms with Gasteiger partial charge in [0.2, 0.25) is 5.91 Å². The summed E-state index contributed by atoms with van der Waals surface area (Å²) in [5.41, 5.74) is 5.01. The van der Waals surface area contributed by atoms with Crippen LogP contribution in [0.1, 0.15) is 58.8 Å². The van der Waals surface area contributed by atoms with Crippen molar-refractivity contribution < 1.29 is 31.1 Å². The third kappa shape index (κ3) is 5.05. The Labute approximate surface area is 203 Å². The smallest absolute Gasteiger partial charge is 0.366 e. The SMILES string of the molecule is CCCCCc1ccc2c3c(C(N)=O)cccc3n(Cc3cc(C(F)(F)F)cc(C(F)(F)F)c3)c2c1. The van der Waals surface area contributed by atoms with Gasteiger partial charge in [0.25, 0.3) is 0 Å². The molecule has 3 aromatic carbocycles. The van der Waals surface area contributed by atoms with Crippen molar-refractivity contribution in [1.29, 1.82) is 0 Å². The van der Waals surface area contributed by atoms with Gasteiger partial charge in [-0.1, -0.05) is 38.0 Å². The van der Waals surface area contributed by atoms with Crippen LogP contribution in [-0.2, 0) is 25.3 Å². The van der Waals surface area contributed by atoms with E-state index in [1.54, 1.807) is 22.8 Å². The van der Waals surface area contributed by atoms with E-state index in [1.807, 2.05) is 18.2 Å². The minimum absolute atomic E-state index is 0.117. The normalized spacial score (nSPS) is 12.5. The molecule has 1 amide bonds. The van der Waals surface area contributed by atoms with Crippen LogP contribution >= 0.6 is 0 Å². The number of aryl methyl sites for hydroxylation is 1. The molecule has 0 saturated heterocycles. The highest BCUT2D eigenvalue weighted by atomic mass is 19.4. The lowest BCUT2D eigenvalue weighted by Crippen LogP contribution is -2.13. The molecule has 0 fully saturated rings. The number of rotatable bonds is 7. The molecule has 0 saturated carbocycles. The molecule has 0 spiro atoms. The fraction of sp³-hybridized carbons (Fsp3) is 0.296. The number of aromatic nitrogens is 1. The molecule has 190 valence electrons. The third-order valence-corrected chi connectivity index (χ3v) is 6.28. The maximum absolute atomic E-state index is 13.4. The van der Waals surface area contributed by atoms with Crippen molar-refractivity contribution >= 4 is 27.7 Å². The number of hydrogen-bond acceptors (Lipinski definition) is 1. The lowest BCUT2D eigenvalue weighted by Gasteiger charge is -2.15. The summed E-state index contributed by atoms with van der Waals surface area (Å²) in [5.74, 6) is -0.676. The monoisotopic (exact) mass is 506 g/mol. The van der Waals surface area contributed by atoms with Crippen molar-refractivity contribution in [2.24, 2.45) is 5.73 Å². The number of alkyl halides is 6. The molecule has 0 aliphatic heterocycles. The Bertz CT molecular complexity index is 1400. The first-order chi connectivity index (χ1) is 16.9. The molecule has 36 heavy (non-hydrogen) atoms. The summed E-state index contributed by atoms with van der Waals surface area (Å²) in [5, 5.41) is 1.17. The van der Waals surface area contributed by atoms with Gasteiger partial charge in [0.15, 0.2) is 0 Å². The third-order valence-electron chi connectivity index (χ3n) is 6.28. The average molecular weight is 506 g/mol. The van der Waals surface area contributed by atoms with Crippen LogP contribution < -0.4 is 5.73 Å². The molecular weight excluding hydrogens is 482 g/mol. The van der Waals surface area contributed by atoms with Crippen molar-refractivity contribution in [3.8, 4) is 0 Å². The van der Waals surface area contributed by atoms with Crippen LogP contribution in [0, 0.1) is 0 Å². The first-order valence-electron chi connectivity index (χ1n) is 11.5. The van der Waals surface area contributed by atoms with Gasteiger partial charge in [0, 0.05) is 28.4 Å². The Balaban J connectivity index is 1.94. The number of benzene rings is 3. The number of fused-ring (bicyclic) bond motifs is 3. The summed E-state index contributed by atoms with van der Waals surface area (Å²) in [6.07, 6.45) is -6.11. The van der Waals surface area contributed by atoms with E-state index in [9.17, 15) is 31.1 Å². The van der Waals surface area contributed by atoms with Crippen molar-refractivity contribution in [1.82, 2.24) is 4.57 Å². The van der Waals surface area contributed by atoms with Crippen LogP contribution in [0.5, 0.6) is 0 Å². The van der Waals surface area contributed by atoms with E-state index >= 15 is 0 Å². The zero-order valence-corrected chi connectivity index (χ0v) is 19.4. The number of primary amides is 1. The molecule has 4 aromatic rings. The lowest BCUT2D eigenvalue weighted by atomic mass is 10.0. The van der Waals surface area contributed by atoms with E-state index in [0.29, 0.717) is 21.8 Å². The highest BCUT2D eigenvalue weighted by molar-refractivity contribution is 6.18. The largest absolute Gasteiger partial charge is 0.416 e. The number of unbranched alkanes of at least 4 members (excludes halogenated alkanes) is 2. The van der Waals surface area contributed by atoms with E-state index < -0.39 is 29.4 Å². The Kier molecular flexibility index (Phi) is 6.77. The second-order valence-electron chi connectivity index (χ2n) is 8.87. The van der Waals surface area contributed by atoms with Crippen LogP contribution in [0.15, 0.2) is 54.6 Å². The molecule has 0 bridgehead atoms. The van der Waals surface area contributed by atoms with Crippen molar-refractivity contribution in [3.05, 3.63) is 82.4 Å². The van der Waals surface area contributed by atoms with Crippen LogP contribution in [0.4, 0.5) is 26.3 Å². The Morgan fingerprint density at radius 1 is 0.833 bits per heavy atom. The Morgan fingerprint density at radius 3 is 2.08 bits per heavy atom. The topological polar surface area (TPSA) is 48.0 Å². The summed E-state index contributed by atoms with van der Waals surface area (Å²) >= 11 is 0. The van der Waals surface area contributed by atoms with Gasteiger partial charge in [-0.15, -0.1) is 0 Å². The average Bonchev–Trinajstić information content (AvgIpc) is 3.11. The number of nitrogens with zero attached hydrogens (tertiary/aromatic N) is 1. The molecule has 1 heterocycles. The van der Waals surface area contributed by atoms with Crippen LogP contribution in [0.25, 0.3) is 21.8 Å². The summed E-state index contributed by atoms with van der Waals surface area (Å²) in [6.45, 7) is 1.82. The minimum Gasteiger partial charge on any atom is -0.366 e. The summed E-state index contributed by atoms with van der Waals surface area (Å²) in [6, 6.07) is 12.0.